The number of aromatic nitrogens is 1. The molecule has 0 radical (unpaired) electrons. The fraction of sp³-hybridized carbons (Fsp3) is 0. The number of para-hydroxylation sites is 1. The molecular formula is C17H13N3O3. The lowest BCUT2D eigenvalue weighted by Crippen LogP contribution is -2.14. The molecule has 0 saturated carbocycles. The van der Waals surface area contributed by atoms with Gasteiger partial charge in [0.15, 0.2) is 0 Å². The van der Waals surface area contributed by atoms with Crippen LogP contribution >= 0.6 is 0 Å². The number of hydrogen-bond donors (Lipinski definition) is 3. The monoisotopic (exact) mass is 307 g/mol. The normalized spacial score (nSPS) is 10.4. The van der Waals surface area contributed by atoms with Crippen LogP contribution in [0.5, 0.6) is 5.75 Å². The lowest BCUT2D eigenvalue weighted by atomic mass is 10.1. The van der Waals surface area contributed by atoms with Gasteiger partial charge in [-0.25, -0.2) is 0 Å². The maximum atomic E-state index is 12.2. The summed E-state index contributed by atoms with van der Waals surface area (Å²) in [6.07, 6.45) is 1.55. The first-order valence-corrected chi connectivity index (χ1v) is 6.83. The molecule has 2 amide bonds. The van der Waals surface area contributed by atoms with Crippen molar-refractivity contribution < 1.29 is 14.7 Å². The molecule has 0 aliphatic heterocycles. The third-order valence-corrected chi connectivity index (χ3v) is 3.37. The van der Waals surface area contributed by atoms with Gasteiger partial charge in [0.2, 0.25) is 0 Å². The van der Waals surface area contributed by atoms with E-state index in [0.717, 1.165) is 10.9 Å². The minimum absolute atomic E-state index is 0.0334. The van der Waals surface area contributed by atoms with Crippen LogP contribution in [-0.4, -0.2) is 21.9 Å². The summed E-state index contributed by atoms with van der Waals surface area (Å²) in [5.74, 6) is -1.51. The van der Waals surface area contributed by atoms with Crippen LogP contribution in [0.1, 0.15) is 20.7 Å². The Bertz CT molecular complexity index is 922. The second kappa shape index (κ2) is 5.76. The van der Waals surface area contributed by atoms with E-state index in [4.69, 9.17) is 5.73 Å². The van der Waals surface area contributed by atoms with Crippen molar-refractivity contribution in [3.05, 3.63) is 65.9 Å². The largest absolute Gasteiger partial charge is 0.507 e. The van der Waals surface area contributed by atoms with Crippen LogP contribution in [0.15, 0.2) is 54.7 Å². The highest BCUT2D eigenvalue weighted by Gasteiger charge is 2.12. The van der Waals surface area contributed by atoms with Gasteiger partial charge in [-0.2, -0.15) is 0 Å². The number of aromatic hydroxyl groups is 1. The van der Waals surface area contributed by atoms with Gasteiger partial charge >= 0.3 is 0 Å². The number of nitrogens with two attached hydrogens (primary N) is 1. The predicted molar refractivity (Wildman–Crippen MR) is 86.3 cm³/mol. The van der Waals surface area contributed by atoms with E-state index in [-0.39, 0.29) is 16.9 Å². The van der Waals surface area contributed by atoms with Crippen LogP contribution in [-0.2, 0) is 0 Å². The second-order valence-electron chi connectivity index (χ2n) is 4.97. The van der Waals surface area contributed by atoms with Gasteiger partial charge in [0.05, 0.1) is 23.0 Å². The van der Waals surface area contributed by atoms with Crippen molar-refractivity contribution in [1.82, 2.24) is 4.98 Å². The van der Waals surface area contributed by atoms with E-state index in [1.165, 1.54) is 18.2 Å². The number of hydrogen-bond acceptors (Lipinski definition) is 4. The molecule has 114 valence electrons. The topological polar surface area (TPSA) is 105 Å². The molecule has 3 aromatic rings. The van der Waals surface area contributed by atoms with E-state index >= 15 is 0 Å². The van der Waals surface area contributed by atoms with Crippen LogP contribution in [0.25, 0.3) is 10.9 Å². The van der Waals surface area contributed by atoms with Gasteiger partial charge in [0.1, 0.15) is 5.75 Å². The molecule has 6 nitrogen and oxygen atoms in total. The van der Waals surface area contributed by atoms with Crippen LogP contribution < -0.4 is 11.1 Å². The molecule has 0 aliphatic rings. The van der Waals surface area contributed by atoms with Gasteiger partial charge in [-0.05, 0) is 30.3 Å². The van der Waals surface area contributed by atoms with Gasteiger partial charge in [0.25, 0.3) is 11.8 Å². The highest BCUT2D eigenvalue weighted by atomic mass is 16.3. The molecule has 6 heteroatoms. The molecular weight excluding hydrogens is 294 g/mol. The van der Waals surface area contributed by atoms with Crippen molar-refractivity contribution in [3.63, 3.8) is 0 Å². The summed E-state index contributed by atoms with van der Waals surface area (Å²) in [7, 11) is 0. The number of fused-ring (bicyclic) bond motifs is 1. The first-order valence-electron chi connectivity index (χ1n) is 6.83. The Kier molecular flexibility index (Phi) is 3.64. The summed E-state index contributed by atoms with van der Waals surface area (Å²) in [5, 5.41) is 13.3. The number of carbonyl (C=O) groups is 2. The summed E-state index contributed by atoms with van der Waals surface area (Å²) in [4.78, 5) is 27.5. The van der Waals surface area contributed by atoms with E-state index in [2.05, 4.69) is 10.3 Å². The zero-order valence-corrected chi connectivity index (χ0v) is 12.0. The van der Waals surface area contributed by atoms with Crippen molar-refractivity contribution in [3.8, 4) is 5.75 Å². The van der Waals surface area contributed by atoms with Gasteiger partial charge in [0, 0.05) is 10.9 Å². The SMILES string of the molecule is NC(=O)c1ccc(C(=O)Nc2cnc3ccccc3c2)cc1O. The molecule has 0 fully saturated rings. The number of pyridine rings is 1. The third-order valence-electron chi connectivity index (χ3n) is 3.37. The van der Waals surface area contributed by atoms with Crippen molar-refractivity contribution >= 4 is 28.4 Å². The number of nitrogens with zero attached hydrogens (tertiary/aromatic N) is 1. The van der Waals surface area contributed by atoms with Gasteiger partial charge < -0.3 is 16.2 Å². The lowest BCUT2D eigenvalue weighted by molar-refractivity contribution is 0.0992. The predicted octanol–water partition coefficient (Wildman–Crippen LogP) is 2.29. The number of phenols is 1. The first-order chi connectivity index (χ1) is 11.0. The van der Waals surface area contributed by atoms with Gasteiger partial charge in [-0.15, -0.1) is 0 Å². The van der Waals surface area contributed by atoms with Gasteiger partial charge in [-0.1, -0.05) is 18.2 Å². The summed E-state index contributed by atoms with van der Waals surface area (Å²) in [6, 6.07) is 13.3. The standard InChI is InChI=1S/C17H13N3O3/c18-16(22)13-6-5-11(8-15(13)21)17(23)20-12-7-10-3-1-2-4-14(10)19-9-12/h1-9,21H,(H2,18,22)(H,20,23). The number of rotatable bonds is 3. The highest BCUT2D eigenvalue weighted by molar-refractivity contribution is 6.06. The maximum Gasteiger partial charge on any atom is 0.255 e. The third kappa shape index (κ3) is 2.96. The van der Waals surface area contributed by atoms with Crippen LogP contribution in [0.3, 0.4) is 0 Å². The van der Waals surface area contributed by atoms with Crippen molar-refractivity contribution in [1.29, 1.82) is 0 Å². The molecule has 3 rings (SSSR count). The Morgan fingerprint density at radius 3 is 2.61 bits per heavy atom. The molecule has 0 spiro atoms. The van der Waals surface area contributed by atoms with Crippen molar-refractivity contribution in [2.75, 3.05) is 5.32 Å². The molecule has 1 aromatic heterocycles. The second-order valence-corrected chi connectivity index (χ2v) is 4.97. The lowest BCUT2D eigenvalue weighted by Gasteiger charge is -2.07. The Morgan fingerprint density at radius 2 is 1.87 bits per heavy atom. The number of anilines is 1. The molecule has 0 saturated heterocycles. The number of carbonyl (C=O) groups excluding carboxylic acids is 2. The van der Waals surface area contributed by atoms with E-state index in [1.807, 2.05) is 24.3 Å². The number of amides is 2. The summed E-state index contributed by atoms with van der Waals surface area (Å²) in [6.45, 7) is 0. The molecule has 0 bridgehead atoms. The number of primary amides is 1. The fourth-order valence-electron chi connectivity index (χ4n) is 2.22. The zero-order chi connectivity index (χ0) is 16.4. The van der Waals surface area contributed by atoms with E-state index < -0.39 is 11.8 Å². The molecule has 0 atom stereocenters. The summed E-state index contributed by atoms with van der Waals surface area (Å²) >= 11 is 0. The fourth-order valence-corrected chi connectivity index (χ4v) is 2.22. The molecule has 1 heterocycles. The summed E-state index contributed by atoms with van der Waals surface area (Å²) in [5.41, 5.74) is 6.65. The Morgan fingerprint density at radius 1 is 1.09 bits per heavy atom. The number of benzene rings is 2. The van der Waals surface area contributed by atoms with Crippen LogP contribution in [0.2, 0.25) is 0 Å². The van der Waals surface area contributed by atoms with Crippen LogP contribution in [0, 0.1) is 0 Å². The molecule has 23 heavy (non-hydrogen) atoms. The quantitative estimate of drug-likeness (QED) is 0.690. The molecule has 0 unspecified atom stereocenters. The summed E-state index contributed by atoms with van der Waals surface area (Å²) < 4.78 is 0. The van der Waals surface area contributed by atoms with E-state index in [9.17, 15) is 14.7 Å². The Balaban J connectivity index is 1.85. The minimum atomic E-state index is -0.756. The minimum Gasteiger partial charge on any atom is -0.507 e. The number of nitrogens with one attached hydrogen (secondary N) is 1. The van der Waals surface area contributed by atoms with E-state index in [0.29, 0.717) is 5.69 Å². The average molecular weight is 307 g/mol. The highest BCUT2D eigenvalue weighted by Crippen LogP contribution is 2.20. The molecule has 2 aromatic carbocycles. The van der Waals surface area contributed by atoms with E-state index in [1.54, 1.807) is 12.3 Å². The van der Waals surface area contributed by atoms with Crippen LogP contribution in [0.4, 0.5) is 5.69 Å². The average Bonchev–Trinajstić information content (AvgIpc) is 2.54. The zero-order valence-electron chi connectivity index (χ0n) is 12.0. The maximum absolute atomic E-state index is 12.2. The van der Waals surface area contributed by atoms with Crippen molar-refractivity contribution in [2.45, 2.75) is 0 Å². The van der Waals surface area contributed by atoms with Crippen molar-refractivity contribution in [2.24, 2.45) is 5.73 Å². The Labute approximate surface area is 131 Å². The molecule has 0 aliphatic carbocycles. The Hall–Kier alpha value is -3.41. The van der Waals surface area contributed by atoms with Gasteiger partial charge in [-0.3, -0.25) is 14.6 Å². The smallest absolute Gasteiger partial charge is 0.255 e. The first kappa shape index (κ1) is 14.5. The molecule has 4 N–H and O–H groups in total.